The van der Waals surface area contributed by atoms with Crippen LogP contribution in [0.4, 0.5) is 5.69 Å². The number of aryl methyl sites for hydroxylation is 1. The van der Waals surface area contributed by atoms with Crippen molar-refractivity contribution in [2.45, 2.75) is 17.6 Å². The minimum Gasteiger partial charge on any atom is -0.308 e. The lowest BCUT2D eigenvalue weighted by Gasteiger charge is -2.28. The molecule has 1 amide bonds. The second-order valence-corrected chi connectivity index (χ2v) is 7.87. The van der Waals surface area contributed by atoms with Crippen LogP contribution >= 0.6 is 23.1 Å². The summed E-state index contributed by atoms with van der Waals surface area (Å²) in [4.78, 5) is 16.2. The monoisotopic (exact) mass is 355 g/mol. The number of benzene rings is 1. The van der Waals surface area contributed by atoms with E-state index in [0.29, 0.717) is 6.54 Å². The number of rotatable bonds is 3. The lowest BCUT2D eigenvalue weighted by Crippen LogP contribution is -2.37. The van der Waals surface area contributed by atoms with Gasteiger partial charge in [-0.2, -0.15) is 5.10 Å². The fourth-order valence-corrected chi connectivity index (χ4v) is 5.11. The van der Waals surface area contributed by atoms with Gasteiger partial charge in [-0.15, -0.1) is 23.1 Å². The highest BCUT2D eigenvalue weighted by molar-refractivity contribution is 8.00. The lowest BCUT2D eigenvalue weighted by atomic mass is 10.00. The Hall–Kier alpha value is -2.05. The van der Waals surface area contributed by atoms with Crippen molar-refractivity contribution in [3.63, 3.8) is 0 Å². The molecular formula is C18H17N3OS2. The molecule has 4 nitrogen and oxygen atoms in total. The van der Waals surface area contributed by atoms with Gasteiger partial charge in [0.1, 0.15) is 5.69 Å². The standard InChI is InChI=1S/C18H17N3OS2/c1-11-3-5-12(6-4-11)21-10-8-13-15(17(21)22)18(23-2)24-16(13)14-7-9-19-20-14/h3-7,9H,8,10H2,1-2H3,(H,19,20). The Balaban J connectivity index is 1.78. The summed E-state index contributed by atoms with van der Waals surface area (Å²) in [6, 6.07) is 10.1. The number of aromatic amines is 1. The number of thioether (sulfide) groups is 1. The quantitative estimate of drug-likeness (QED) is 0.710. The fraction of sp³-hybridized carbons (Fsp3) is 0.222. The molecule has 0 saturated heterocycles. The molecule has 1 N–H and O–H groups in total. The van der Waals surface area contributed by atoms with Gasteiger partial charge >= 0.3 is 0 Å². The van der Waals surface area contributed by atoms with E-state index in [1.54, 1.807) is 23.1 Å². The average Bonchev–Trinajstić information content (AvgIpc) is 3.23. The second-order valence-electron chi connectivity index (χ2n) is 5.78. The highest BCUT2D eigenvalue weighted by Gasteiger charge is 2.32. The Morgan fingerprint density at radius 3 is 2.71 bits per heavy atom. The van der Waals surface area contributed by atoms with E-state index in [-0.39, 0.29) is 5.91 Å². The molecule has 1 aliphatic rings. The molecule has 2 aromatic heterocycles. The van der Waals surface area contributed by atoms with Crippen LogP contribution in [0.2, 0.25) is 0 Å². The number of amides is 1. The summed E-state index contributed by atoms with van der Waals surface area (Å²) in [7, 11) is 0. The van der Waals surface area contributed by atoms with Crippen LogP contribution in [0.5, 0.6) is 0 Å². The van der Waals surface area contributed by atoms with E-state index in [1.165, 1.54) is 5.56 Å². The minimum absolute atomic E-state index is 0.0995. The lowest BCUT2D eigenvalue weighted by molar-refractivity contribution is 0.0978. The molecule has 24 heavy (non-hydrogen) atoms. The Morgan fingerprint density at radius 1 is 1.25 bits per heavy atom. The van der Waals surface area contributed by atoms with Crippen LogP contribution in [0, 0.1) is 6.92 Å². The molecule has 1 aromatic carbocycles. The molecule has 0 aliphatic carbocycles. The van der Waals surface area contributed by atoms with Crippen molar-refractivity contribution in [3.8, 4) is 10.6 Å². The van der Waals surface area contributed by atoms with Crippen LogP contribution < -0.4 is 4.90 Å². The van der Waals surface area contributed by atoms with E-state index in [9.17, 15) is 4.79 Å². The first-order chi connectivity index (χ1) is 11.7. The zero-order valence-corrected chi connectivity index (χ0v) is 15.1. The number of anilines is 1. The highest BCUT2D eigenvalue weighted by Crippen LogP contribution is 2.43. The van der Waals surface area contributed by atoms with Crippen LogP contribution in [-0.4, -0.2) is 28.9 Å². The Morgan fingerprint density at radius 2 is 2.04 bits per heavy atom. The number of thiophene rings is 1. The number of nitrogens with zero attached hydrogens (tertiary/aromatic N) is 2. The van der Waals surface area contributed by atoms with Crippen molar-refractivity contribution in [3.05, 3.63) is 53.2 Å². The van der Waals surface area contributed by atoms with Crippen LogP contribution in [0.1, 0.15) is 21.5 Å². The maximum Gasteiger partial charge on any atom is 0.260 e. The van der Waals surface area contributed by atoms with Crippen LogP contribution in [0.25, 0.3) is 10.6 Å². The molecule has 0 atom stereocenters. The minimum atomic E-state index is 0.0995. The molecule has 0 unspecified atom stereocenters. The van der Waals surface area contributed by atoms with Gasteiger partial charge in [0.2, 0.25) is 0 Å². The van der Waals surface area contributed by atoms with E-state index in [4.69, 9.17) is 0 Å². The summed E-state index contributed by atoms with van der Waals surface area (Å²) >= 11 is 3.31. The van der Waals surface area contributed by atoms with Crippen molar-refractivity contribution in [1.29, 1.82) is 0 Å². The Kier molecular flexibility index (Phi) is 3.94. The fourth-order valence-electron chi connectivity index (χ4n) is 3.07. The molecule has 0 bridgehead atoms. The molecule has 0 radical (unpaired) electrons. The Labute approximate surface area is 148 Å². The normalized spacial score (nSPS) is 14.1. The second kappa shape index (κ2) is 6.11. The number of carbonyl (C=O) groups is 1. The van der Waals surface area contributed by atoms with Crippen LogP contribution in [0.3, 0.4) is 0 Å². The third-order valence-electron chi connectivity index (χ3n) is 4.28. The first kappa shape index (κ1) is 15.5. The van der Waals surface area contributed by atoms with E-state index >= 15 is 0 Å². The molecular weight excluding hydrogens is 338 g/mol. The van der Waals surface area contributed by atoms with Crippen molar-refractivity contribution in [2.75, 3.05) is 17.7 Å². The van der Waals surface area contributed by atoms with E-state index in [0.717, 1.165) is 38.0 Å². The van der Waals surface area contributed by atoms with Crippen LogP contribution in [-0.2, 0) is 6.42 Å². The summed E-state index contributed by atoms with van der Waals surface area (Å²) in [6.45, 7) is 2.76. The van der Waals surface area contributed by atoms with Crippen molar-refractivity contribution in [1.82, 2.24) is 10.2 Å². The van der Waals surface area contributed by atoms with Crippen molar-refractivity contribution < 1.29 is 4.79 Å². The molecule has 0 saturated carbocycles. The van der Waals surface area contributed by atoms with Crippen molar-refractivity contribution in [2.24, 2.45) is 0 Å². The summed E-state index contributed by atoms with van der Waals surface area (Å²) in [5, 5.41) is 7.17. The number of fused-ring (bicyclic) bond motifs is 1. The molecule has 3 heterocycles. The smallest absolute Gasteiger partial charge is 0.260 e. The number of carbonyl (C=O) groups excluding carboxylic acids is 1. The average molecular weight is 355 g/mol. The van der Waals surface area contributed by atoms with Gasteiger partial charge in [0.15, 0.2) is 0 Å². The summed E-state index contributed by atoms with van der Waals surface area (Å²) in [6.07, 6.45) is 4.70. The van der Waals surface area contributed by atoms with E-state index in [2.05, 4.69) is 29.3 Å². The van der Waals surface area contributed by atoms with Gasteiger partial charge in [-0.25, -0.2) is 0 Å². The summed E-state index contributed by atoms with van der Waals surface area (Å²) < 4.78 is 1.07. The Bertz CT molecular complexity index is 882. The zero-order chi connectivity index (χ0) is 16.7. The maximum absolute atomic E-state index is 13.2. The van der Waals surface area contributed by atoms with Gasteiger partial charge in [0, 0.05) is 18.4 Å². The third kappa shape index (κ3) is 2.46. The molecule has 1 aliphatic heterocycles. The molecule has 6 heteroatoms. The number of nitrogens with one attached hydrogen (secondary N) is 1. The maximum atomic E-state index is 13.2. The first-order valence-corrected chi connectivity index (χ1v) is 9.81. The number of hydrogen-bond acceptors (Lipinski definition) is 4. The third-order valence-corrected chi connectivity index (χ3v) is 6.66. The summed E-state index contributed by atoms with van der Waals surface area (Å²) in [5.74, 6) is 0.0995. The molecule has 3 aromatic rings. The highest BCUT2D eigenvalue weighted by atomic mass is 32.2. The predicted molar refractivity (Wildman–Crippen MR) is 100 cm³/mol. The molecule has 0 fully saturated rings. The summed E-state index contributed by atoms with van der Waals surface area (Å²) in [5.41, 5.74) is 5.09. The first-order valence-electron chi connectivity index (χ1n) is 7.77. The predicted octanol–water partition coefficient (Wildman–Crippen LogP) is 4.37. The molecule has 122 valence electrons. The topological polar surface area (TPSA) is 49.0 Å². The van der Waals surface area contributed by atoms with Crippen molar-refractivity contribution >= 4 is 34.7 Å². The van der Waals surface area contributed by atoms with Gasteiger partial charge < -0.3 is 4.90 Å². The number of hydrogen-bond donors (Lipinski definition) is 1. The number of aromatic nitrogens is 2. The van der Waals surface area contributed by atoms with Gasteiger partial charge in [-0.1, -0.05) is 17.7 Å². The molecule has 0 spiro atoms. The zero-order valence-electron chi connectivity index (χ0n) is 13.5. The van der Waals surface area contributed by atoms with E-state index < -0.39 is 0 Å². The van der Waals surface area contributed by atoms with Gasteiger partial charge in [0.05, 0.1) is 14.6 Å². The van der Waals surface area contributed by atoms with Gasteiger partial charge in [-0.05, 0) is 43.4 Å². The van der Waals surface area contributed by atoms with Crippen LogP contribution in [0.15, 0.2) is 40.7 Å². The largest absolute Gasteiger partial charge is 0.308 e. The van der Waals surface area contributed by atoms with Gasteiger partial charge in [-0.3, -0.25) is 9.89 Å². The SMILES string of the molecule is CSc1sc(-c2cc[nH]n2)c2c1C(=O)N(c1ccc(C)cc1)CC2. The van der Waals surface area contributed by atoms with Gasteiger partial charge in [0.25, 0.3) is 5.91 Å². The number of H-pyrrole nitrogens is 1. The van der Waals surface area contributed by atoms with E-state index in [1.807, 2.05) is 35.6 Å². The molecule has 4 rings (SSSR count).